The van der Waals surface area contributed by atoms with Crippen molar-refractivity contribution in [1.29, 1.82) is 0 Å². The monoisotopic (exact) mass is 313 g/mol. The number of amides is 1. The van der Waals surface area contributed by atoms with Crippen LogP contribution in [-0.4, -0.2) is 34.7 Å². The van der Waals surface area contributed by atoms with E-state index in [1.54, 1.807) is 24.3 Å². The molecule has 0 fully saturated rings. The average Bonchev–Trinajstić information content (AvgIpc) is 2.40. The van der Waals surface area contributed by atoms with Gasteiger partial charge in [-0.3, -0.25) is 4.79 Å². The van der Waals surface area contributed by atoms with Gasteiger partial charge >= 0.3 is 5.97 Å². The molecular weight excluding hydrogens is 294 g/mol. The van der Waals surface area contributed by atoms with Crippen molar-refractivity contribution < 1.29 is 19.8 Å². The van der Waals surface area contributed by atoms with Crippen molar-refractivity contribution in [1.82, 2.24) is 5.32 Å². The first-order chi connectivity index (χ1) is 9.86. The number of carbonyl (C=O) groups is 2. The molecule has 1 amide bonds. The zero-order chi connectivity index (χ0) is 16.0. The molecule has 1 rings (SSSR count). The van der Waals surface area contributed by atoms with Crippen LogP contribution in [0.5, 0.6) is 0 Å². The van der Waals surface area contributed by atoms with E-state index in [4.69, 9.17) is 21.8 Å². The largest absolute Gasteiger partial charge is 0.480 e. The van der Waals surface area contributed by atoms with E-state index in [-0.39, 0.29) is 24.9 Å². The van der Waals surface area contributed by atoms with Gasteiger partial charge in [-0.2, -0.15) is 0 Å². The van der Waals surface area contributed by atoms with Gasteiger partial charge in [-0.25, -0.2) is 4.79 Å². The first-order valence-corrected chi connectivity index (χ1v) is 7.14. The van der Waals surface area contributed by atoms with Crippen LogP contribution in [0.4, 0.5) is 0 Å². The molecule has 0 aliphatic heterocycles. The fourth-order valence-corrected chi connectivity index (χ4v) is 2.28. The van der Waals surface area contributed by atoms with Gasteiger partial charge in [0.05, 0.1) is 5.92 Å². The highest BCUT2D eigenvalue weighted by molar-refractivity contribution is 6.30. The minimum atomic E-state index is -1.16. The molecule has 0 bridgehead atoms. The molecule has 2 atom stereocenters. The summed E-state index contributed by atoms with van der Waals surface area (Å²) >= 11 is 5.84. The van der Waals surface area contributed by atoms with Crippen LogP contribution < -0.4 is 5.32 Å². The number of aliphatic hydroxyl groups is 1. The molecule has 0 aliphatic carbocycles. The molecule has 0 spiro atoms. The number of carbonyl (C=O) groups excluding carboxylic acids is 1. The fraction of sp³-hybridized carbons (Fsp3) is 0.467. The van der Waals surface area contributed by atoms with E-state index < -0.39 is 17.9 Å². The van der Waals surface area contributed by atoms with Crippen LogP contribution >= 0.6 is 11.6 Å². The summed E-state index contributed by atoms with van der Waals surface area (Å²) in [6.45, 7) is 3.48. The molecule has 1 aromatic carbocycles. The van der Waals surface area contributed by atoms with Crippen molar-refractivity contribution in [3.8, 4) is 0 Å². The number of halogens is 1. The summed E-state index contributed by atoms with van der Waals surface area (Å²) in [5.41, 5.74) is 0.778. The summed E-state index contributed by atoms with van der Waals surface area (Å²) in [5.74, 6) is -2.00. The van der Waals surface area contributed by atoms with Crippen LogP contribution in [0.2, 0.25) is 5.02 Å². The molecule has 1 aromatic rings. The third kappa shape index (κ3) is 5.02. The molecule has 0 radical (unpaired) electrons. The molecule has 2 unspecified atom stereocenters. The lowest BCUT2D eigenvalue weighted by Gasteiger charge is -2.23. The third-order valence-electron chi connectivity index (χ3n) is 3.21. The minimum absolute atomic E-state index is 0.00486. The van der Waals surface area contributed by atoms with Gasteiger partial charge in [0.1, 0.15) is 6.04 Å². The van der Waals surface area contributed by atoms with E-state index >= 15 is 0 Å². The molecule has 5 nitrogen and oxygen atoms in total. The van der Waals surface area contributed by atoms with Crippen molar-refractivity contribution in [2.75, 3.05) is 6.61 Å². The molecule has 6 heteroatoms. The second-order valence-corrected chi connectivity index (χ2v) is 5.62. The van der Waals surface area contributed by atoms with Crippen LogP contribution in [0.15, 0.2) is 24.3 Å². The maximum atomic E-state index is 12.4. The topological polar surface area (TPSA) is 86.6 Å². The molecule has 3 N–H and O–H groups in total. The maximum absolute atomic E-state index is 12.4. The van der Waals surface area contributed by atoms with E-state index in [9.17, 15) is 9.59 Å². The second-order valence-electron chi connectivity index (χ2n) is 5.18. The zero-order valence-electron chi connectivity index (χ0n) is 12.0. The molecule has 116 valence electrons. The highest BCUT2D eigenvalue weighted by Crippen LogP contribution is 2.26. The molecule has 0 aliphatic rings. The summed E-state index contributed by atoms with van der Waals surface area (Å²) in [6, 6.07) is 5.82. The van der Waals surface area contributed by atoms with Crippen molar-refractivity contribution in [2.24, 2.45) is 5.92 Å². The van der Waals surface area contributed by atoms with Gasteiger partial charge in [-0.05, 0) is 23.6 Å². The Bertz CT molecular complexity index is 487. The van der Waals surface area contributed by atoms with E-state index in [0.29, 0.717) is 5.02 Å². The Hall–Kier alpha value is -1.59. The predicted octanol–water partition coefficient (Wildman–Crippen LogP) is 2.03. The van der Waals surface area contributed by atoms with Crippen molar-refractivity contribution >= 4 is 23.5 Å². The Labute approximate surface area is 128 Å². The predicted molar refractivity (Wildman–Crippen MR) is 80.3 cm³/mol. The minimum Gasteiger partial charge on any atom is -0.480 e. The van der Waals surface area contributed by atoms with Gasteiger partial charge in [0.25, 0.3) is 0 Å². The van der Waals surface area contributed by atoms with Gasteiger partial charge in [-0.1, -0.05) is 37.6 Å². The standard InChI is InChI=1S/C15H20ClNO4/c1-9(2)13(10-3-5-11(16)6-4-10)14(19)17-12(7-8-18)15(20)21/h3-6,9,12-13,18H,7-8H2,1-2H3,(H,17,19)(H,20,21). The summed E-state index contributed by atoms with van der Waals surface area (Å²) in [7, 11) is 0. The highest BCUT2D eigenvalue weighted by Gasteiger charge is 2.28. The number of rotatable bonds is 7. The van der Waals surface area contributed by atoms with Gasteiger partial charge in [-0.15, -0.1) is 0 Å². The summed E-state index contributed by atoms with van der Waals surface area (Å²) in [4.78, 5) is 23.4. The number of aliphatic carboxylic acids is 1. The number of carboxylic acids is 1. The van der Waals surface area contributed by atoms with E-state index in [0.717, 1.165) is 5.56 Å². The van der Waals surface area contributed by atoms with Gasteiger partial charge < -0.3 is 15.5 Å². The normalized spacial score (nSPS) is 13.8. The summed E-state index contributed by atoms with van der Waals surface area (Å²) < 4.78 is 0. The highest BCUT2D eigenvalue weighted by atomic mass is 35.5. The lowest BCUT2D eigenvalue weighted by atomic mass is 9.87. The lowest BCUT2D eigenvalue weighted by molar-refractivity contribution is -0.142. The molecule has 0 saturated carbocycles. The van der Waals surface area contributed by atoms with Crippen LogP contribution in [0, 0.1) is 5.92 Å². The van der Waals surface area contributed by atoms with Crippen LogP contribution in [-0.2, 0) is 9.59 Å². The molecule has 0 aromatic heterocycles. The van der Waals surface area contributed by atoms with Crippen LogP contribution in [0.3, 0.4) is 0 Å². The Morgan fingerprint density at radius 1 is 1.24 bits per heavy atom. The number of benzene rings is 1. The third-order valence-corrected chi connectivity index (χ3v) is 3.46. The zero-order valence-corrected chi connectivity index (χ0v) is 12.8. The number of carboxylic acid groups (broad SMARTS) is 1. The molecular formula is C15H20ClNO4. The van der Waals surface area contributed by atoms with E-state index in [1.807, 2.05) is 13.8 Å². The molecule has 0 saturated heterocycles. The lowest BCUT2D eigenvalue weighted by Crippen LogP contribution is -2.44. The van der Waals surface area contributed by atoms with Crippen molar-refractivity contribution in [3.05, 3.63) is 34.9 Å². The van der Waals surface area contributed by atoms with Crippen molar-refractivity contribution in [3.63, 3.8) is 0 Å². The van der Waals surface area contributed by atoms with Crippen LogP contribution in [0.1, 0.15) is 31.7 Å². The summed E-state index contributed by atoms with van der Waals surface area (Å²) in [5, 5.41) is 21.0. The Balaban J connectivity index is 2.92. The first kappa shape index (κ1) is 17.5. The fourth-order valence-electron chi connectivity index (χ4n) is 2.16. The second kappa shape index (κ2) is 8.00. The van der Waals surface area contributed by atoms with Crippen molar-refractivity contribution in [2.45, 2.75) is 32.2 Å². The number of hydrogen-bond acceptors (Lipinski definition) is 3. The number of aliphatic hydroxyl groups excluding tert-OH is 1. The van der Waals surface area contributed by atoms with Crippen LogP contribution in [0.25, 0.3) is 0 Å². The van der Waals surface area contributed by atoms with Gasteiger partial charge in [0.2, 0.25) is 5.91 Å². The average molecular weight is 314 g/mol. The molecule has 21 heavy (non-hydrogen) atoms. The SMILES string of the molecule is CC(C)C(C(=O)NC(CCO)C(=O)O)c1ccc(Cl)cc1. The van der Waals surface area contributed by atoms with E-state index in [1.165, 1.54) is 0 Å². The summed E-state index contributed by atoms with van der Waals surface area (Å²) in [6.07, 6.45) is -0.0213. The van der Waals surface area contributed by atoms with Gasteiger partial charge in [0.15, 0.2) is 0 Å². The van der Waals surface area contributed by atoms with Gasteiger partial charge in [0, 0.05) is 18.1 Å². The van der Waals surface area contributed by atoms with E-state index in [2.05, 4.69) is 5.32 Å². The molecule has 0 heterocycles. The maximum Gasteiger partial charge on any atom is 0.326 e. The number of nitrogens with one attached hydrogen (secondary N) is 1. The number of hydrogen-bond donors (Lipinski definition) is 3. The Kier molecular flexibility index (Phi) is 6.65. The first-order valence-electron chi connectivity index (χ1n) is 6.76. The Morgan fingerprint density at radius 3 is 2.24 bits per heavy atom. The Morgan fingerprint density at radius 2 is 1.81 bits per heavy atom. The quantitative estimate of drug-likeness (QED) is 0.719. The smallest absolute Gasteiger partial charge is 0.326 e.